The number of hydrogen-bond acceptors (Lipinski definition) is 6. The van der Waals surface area contributed by atoms with Gasteiger partial charge in [-0.3, -0.25) is 14.4 Å². The Labute approximate surface area is 418 Å². The molecule has 0 aromatic rings. The highest BCUT2D eigenvalue weighted by atomic mass is 16.6. The minimum absolute atomic E-state index is 0.115. The second-order valence-electron chi connectivity index (χ2n) is 17.7. The number of allylic oxidation sites excluding steroid dienone is 20. The lowest BCUT2D eigenvalue weighted by atomic mass is 10.1. The van der Waals surface area contributed by atoms with Gasteiger partial charge in [0.1, 0.15) is 13.2 Å². The molecule has 0 heterocycles. The van der Waals surface area contributed by atoms with Crippen molar-refractivity contribution in [3.63, 3.8) is 0 Å². The first kappa shape index (κ1) is 63.8. The van der Waals surface area contributed by atoms with E-state index in [1.807, 2.05) is 12.2 Å². The highest BCUT2D eigenvalue weighted by molar-refractivity contribution is 5.71. The van der Waals surface area contributed by atoms with Gasteiger partial charge in [-0.1, -0.05) is 219 Å². The molecule has 0 bridgehead atoms. The first-order valence-electron chi connectivity index (χ1n) is 27.5. The summed E-state index contributed by atoms with van der Waals surface area (Å²) in [5, 5.41) is 0. The van der Waals surface area contributed by atoms with Gasteiger partial charge in [0.2, 0.25) is 0 Å². The van der Waals surface area contributed by atoms with Crippen molar-refractivity contribution in [1.82, 2.24) is 0 Å². The van der Waals surface area contributed by atoms with Crippen molar-refractivity contribution in [2.45, 2.75) is 239 Å². The smallest absolute Gasteiger partial charge is 0.306 e. The molecule has 384 valence electrons. The molecule has 0 fully saturated rings. The van der Waals surface area contributed by atoms with E-state index in [0.29, 0.717) is 19.3 Å². The standard InChI is InChI=1S/C62H100O6/c1-4-7-10-13-16-19-22-25-26-27-28-29-30-31-32-33-34-35-36-38-40-43-46-49-52-55-61(64)67-58-59(57-66-60(63)54-51-48-45-42-39-24-21-18-15-12-9-6-3)68-62(65)56-53-50-47-44-41-37-23-20-17-14-11-8-5-2/h7-8,10-11,16-21,25-26,28-29,31-32,37,41,47,50,59H,4-6,9,12-15,22-24,27,30,33-36,38-40,42-46,48-49,51-58H2,1-3H3/b10-7-,11-8-,19-16-,20-17-,21-18-,26-25-,29-28-,32-31-,41-37-,50-47-. The van der Waals surface area contributed by atoms with E-state index in [0.717, 1.165) is 116 Å². The first-order valence-corrected chi connectivity index (χ1v) is 27.5. The Hall–Kier alpha value is -4.19. The lowest BCUT2D eigenvalue weighted by molar-refractivity contribution is -0.166. The normalized spacial score (nSPS) is 13.0. The largest absolute Gasteiger partial charge is 0.462 e. The Kier molecular flexibility index (Phi) is 52.0. The van der Waals surface area contributed by atoms with Crippen molar-refractivity contribution in [3.05, 3.63) is 122 Å². The zero-order valence-corrected chi connectivity index (χ0v) is 43.8. The van der Waals surface area contributed by atoms with Gasteiger partial charge in [-0.25, -0.2) is 0 Å². The highest BCUT2D eigenvalue weighted by Gasteiger charge is 2.19. The Morgan fingerprint density at radius 1 is 0.309 bits per heavy atom. The summed E-state index contributed by atoms with van der Waals surface area (Å²) in [5.74, 6) is -1.02. The van der Waals surface area contributed by atoms with E-state index in [9.17, 15) is 14.4 Å². The third-order valence-electron chi connectivity index (χ3n) is 11.2. The fourth-order valence-electron chi connectivity index (χ4n) is 7.12. The Morgan fingerprint density at radius 3 is 0.971 bits per heavy atom. The van der Waals surface area contributed by atoms with Crippen LogP contribution >= 0.6 is 0 Å². The number of ether oxygens (including phenoxy) is 3. The average molecular weight is 941 g/mol. The number of esters is 3. The summed E-state index contributed by atoms with van der Waals surface area (Å²) < 4.78 is 16.7. The third-order valence-corrected chi connectivity index (χ3v) is 11.2. The number of hydrogen-bond donors (Lipinski definition) is 0. The summed E-state index contributed by atoms with van der Waals surface area (Å²) in [7, 11) is 0. The molecule has 0 saturated heterocycles. The second kappa shape index (κ2) is 55.4. The van der Waals surface area contributed by atoms with Gasteiger partial charge in [-0.2, -0.15) is 0 Å². The molecular formula is C62H100O6. The molecule has 0 radical (unpaired) electrons. The molecule has 0 rings (SSSR count). The van der Waals surface area contributed by atoms with E-state index < -0.39 is 12.1 Å². The molecule has 0 N–H and O–H groups in total. The maximum absolute atomic E-state index is 12.8. The van der Waals surface area contributed by atoms with Crippen LogP contribution < -0.4 is 0 Å². The predicted octanol–water partition coefficient (Wildman–Crippen LogP) is 18.5. The lowest BCUT2D eigenvalue weighted by Crippen LogP contribution is -2.30. The Bertz CT molecular complexity index is 1450. The Morgan fingerprint density at radius 2 is 0.603 bits per heavy atom. The molecule has 1 atom stereocenters. The SMILES string of the molecule is CC/C=C\C/C=C\C/C=C\C/C=C\C/C=C\CCCCCCCCCCCC(=O)OCC(COC(=O)CCCCCCC/C=C\CCCCC)OC(=O)CC/C=C\C/C=C\C/C=C\C/C=C\CC. The van der Waals surface area contributed by atoms with Crippen LogP contribution in [0.25, 0.3) is 0 Å². The van der Waals surface area contributed by atoms with Gasteiger partial charge in [0, 0.05) is 19.3 Å². The van der Waals surface area contributed by atoms with Gasteiger partial charge >= 0.3 is 17.9 Å². The van der Waals surface area contributed by atoms with Gasteiger partial charge in [-0.05, 0) is 116 Å². The summed E-state index contributed by atoms with van der Waals surface area (Å²) in [6.07, 6.45) is 76.3. The van der Waals surface area contributed by atoms with Crippen LogP contribution in [0.2, 0.25) is 0 Å². The summed E-state index contributed by atoms with van der Waals surface area (Å²) in [6.45, 7) is 6.30. The van der Waals surface area contributed by atoms with Crippen LogP contribution in [0, 0.1) is 0 Å². The van der Waals surface area contributed by atoms with Crippen LogP contribution in [-0.2, 0) is 28.6 Å². The van der Waals surface area contributed by atoms with E-state index in [2.05, 4.69) is 130 Å². The van der Waals surface area contributed by atoms with Gasteiger partial charge < -0.3 is 14.2 Å². The van der Waals surface area contributed by atoms with Crippen LogP contribution in [0.15, 0.2) is 122 Å². The number of rotatable bonds is 48. The van der Waals surface area contributed by atoms with Crippen molar-refractivity contribution < 1.29 is 28.6 Å². The zero-order chi connectivity index (χ0) is 49.3. The van der Waals surface area contributed by atoms with Crippen molar-refractivity contribution in [2.75, 3.05) is 13.2 Å². The van der Waals surface area contributed by atoms with Gasteiger partial charge in [-0.15, -0.1) is 0 Å². The van der Waals surface area contributed by atoms with Gasteiger partial charge in [0.05, 0.1) is 0 Å². The van der Waals surface area contributed by atoms with E-state index in [1.165, 1.54) is 70.6 Å². The highest BCUT2D eigenvalue weighted by Crippen LogP contribution is 2.14. The van der Waals surface area contributed by atoms with Gasteiger partial charge in [0.25, 0.3) is 0 Å². The molecule has 6 nitrogen and oxygen atoms in total. The monoisotopic (exact) mass is 941 g/mol. The molecule has 68 heavy (non-hydrogen) atoms. The summed E-state index contributed by atoms with van der Waals surface area (Å²) in [4.78, 5) is 38.0. The maximum atomic E-state index is 12.8. The first-order chi connectivity index (χ1) is 33.5. The average Bonchev–Trinajstić information content (AvgIpc) is 3.34. The van der Waals surface area contributed by atoms with E-state index in [4.69, 9.17) is 14.2 Å². The number of carbonyl (C=O) groups is 3. The molecule has 0 saturated carbocycles. The Balaban J connectivity index is 4.37. The molecule has 0 spiro atoms. The van der Waals surface area contributed by atoms with E-state index >= 15 is 0 Å². The maximum Gasteiger partial charge on any atom is 0.306 e. The van der Waals surface area contributed by atoms with Crippen molar-refractivity contribution >= 4 is 17.9 Å². The second-order valence-corrected chi connectivity index (χ2v) is 17.7. The van der Waals surface area contributed by atoms with Crippen molar-refractivity contribution in [3.8, 4) is 0 Å². The molecule has 0 aliphatic carbocycles. The molecule has 0 amide bonds. The van der Waals surface area contributed by atoms with E-state index in [1.54, 1.807) is 0 Å². The third kappa shape index (κ3) is 52.8. The molecule has 0 aliphatic rings. The van der Waals surface area contributed by atoms with Crippen molar-refractivity contribution in [1.29, 1.82) is 0 Å². The summed E-state index contributed by atoms with van der Waals surface area (Å²) in [6, 6.07) is 0. The number of carbonyl (C=O) groups excluding carboxylic acids is 3. The van der Waals surface area contributed by atoms with Crippen LogP contribution in [0.3, 0.4) is 0 Å². The van der Waals surface area contributed by atoms with Crippen LogP contribution in [0.1, 0.15) is 233 Å². The van der Waals surface area contributed by atoms with Crippen LogP contribution in [-0.4, -0.2) is 37.2 Å². The predicted molar refractivity (Wildman–Crippen MR) is 293 cm³/mol. The minimum Gasteiger partial charge on any atom is -0.462 e. The molecular weight excluding hydrogens is 841 g/mol. The molecule has 6 heteroatoms. The van der Waals surface area contributed by atoms with Gasteiger partial charge in [0.15, 0.2) is 6.10 Å². The quantitative estimate of drug-likeness (QED) is 0.0262. The van der Waals surface area contributed by atoms with Crippen molar-refractivity contribution in [2.24, 2.45) is 0 Å². The molecule has 0 aliphatic heterocycles. The molecule has 1 unspecified atom stereocenters. The fourth-order valence-corrected chi connectivity index (χ4v) is 7.12. The number of unbranched alkanes of at least 4 members (excludes halogenated alkanes) is 17. The fraction of sp³-hybridized carbons (Fsp3) is 0.629. The summed E-state index contributed by atoms with van der Waals surface area (Å²) >= 11 is 0. The molecule has 0 aromatic heterocycles. The lowest BCUT2D eigenvalue weighted by Gasteiger charge is -2.18. The zero-order valence-electron chi connectivity index (χ0n) is 43.8. The topological polar surface area (TPSA) is 78.9 Å². The molecule has 0 aromatic carbocycles. The van der Waals surface area contributed by atoms with E-state index in [-0.39, 0.29) is 31.6 Å². The summed E-state index contributed by atoms with van der Waals surface area (Å²) in [5.41, 5.74) is 0. The van der Waals surface area contributed by atoms with Crippen LogP contribution in [0.4, 0.5) is 0 Å². The minimum atomic E-state index is -0.824. The van der Waals surface area contributed by atoms with Crippen LogP contribution in [0.5, 0.6) is 0 Å².